The van der Waals surface area contributed by atoms with Gasteiger partial charge in [-0.25, -0.2) is 0 Å². The Morgan fingerprint density at radius 2 is 2.31 bits per heavy atom. The van der Waals surface area contributed by atoms with Crippen LogP contribution in [0.5, 0.6) is 0 Å². The van der Waals surface area contributed by atoms with Crippen molar-refractivity contribution in [2.75, 3.05) is 19.7 Å². The maximum Gasteiger partial charge on any atom is 0.112 e. The van der Waals surface area contributed by atoms with Gasteiger partial charge < -0.3 is 4.74 Å². The highest BCUT2D eigenvalue weighted by Gasteiger charge is 2.24. The van der Waals surface area contributed by atoms with E-state index >= 15 is 0 Å². The molecular formula is C12H17BrN2O. The van der Waals surface area contributed by atoms with Gasteiger partial charge in [-0.2, -0.15) is 0 Å². The molecule has 0 saturated carbocycles. The van der Waals surface area contributed by atoms with E-state index in [0.29, 0.717) is 6.04 Å². The minimum atomic E-state index is 0.115. The first-order valence-electron chi connectivity index (χ1n) is 5.64. The van der Waals surface area contributed by atoms with Crippen LogP contribution in [0, 0.1) is 0 Å². The van der Waals surface area contributed by atoms with E-state index in [9.17, 15) is 0 Å². The molecule has 0 unspecified atom stereocenters. The molecule has 1 aliphatic heterocycles. The van der Waals surface area contributed by atoms with Crippen molar-refractivity contribution in [3.63, 3.8) is 0 Å². The molecule has 1 aromatic heterocycles. The van der Waals surface area contributed by atoms with Crippen LogP contribution in [-0.2, 0) is 4.74 Å². The predicted molar refractivity (Wildman–Crippen MR) is 67.3 cm³/mol. The topological polar surface area (TPSA) is 25.4 Å². The van der Waals surface area contributed by atoms with E-state index in [1.165, 1.54) is 0 Å². The SMILES string of the molecule is CC(C)N1CCO[C@H](c2ccc(Br)cn2)C1. The third-order valence-electron chi connectivity index (χ3n) is 2.91. The molecule has 16 heavy (non-hydrogen) atoms. The van der Waals surface area contributed by atoms with Gasteiger partial charge in [-0.15, -0.1) is 0 Å². The summed E-state index contributed by atoms with van der Waals surface area (Å²) in [6, 6.07) is 4.61. The highest BCUT2D eigenvalue weighted by Crippen LogP contribution is 2.22. The van der Waals surface area contributed by atoms with Gasteiger partial charge in [-0.3, -0.25) is 9.88 Å². The van der Waals surface area contributed by atoms with Gasteiger partial charge in [0.25, 0.3) is 0 Å². The van der Waals surface area contributed by atoms with Crippen molar-refractivity contribution < 1.29 is 4.74 Å². The van der Waals surface area contributed by atoms with Crippen molar-refractivity contribution >= 4 is 15.9 Å². The van der Waals surface area contributed by atoms with Crippen LogP contribution >= 0.6 is 15.9 Å². The number of morpholine rings is 1. The summed E-state index contributed by atoms with van der Waals surface area (Å²) in [6.45, 7) is 7.19. The van der Waals surface area contributed by atoms with Crippen LogP contribution in [0.2, 0.25) is 0 Å². The van der Waals surface area contributed by atoms with Gasteiger partial charge in [-0.1, -0.05) is 0 Å². The standard InChI is InChI=1S/C12H17BrN2O/c1-9(2)15-5-6-16-12(8-15)11-4-3-10(13)7-14-11/h3-4,7,9,12H,5-6,8H2,1-2H3/t12-/m0/s1. The Morgan fingerprint density at radius 1 is 1.50 bits per heavy atom. The summed E-state index contributed by atoms with van der Waals surface area (Å²) < 4.78 is 6.77. The fourth-order valence-corrected chi connectivity index (χ4v) is 2.13. The molecular weight excluding hydrogens is 268 g/mol. The highest BCUT2D eigenvalue weighted by atomic mass is 79.9. The average molecular weight is 285 g/mol. The maximum atomic E-state index is 5.76. The van der Waals surface area contributed by atoms with Gasteiger partial charge >= 0.3 is 0 Å². The molecule has 0 bridgehead atoms. The summed E-state index contributed by atoms with van der Waals surface area (Å²) in [6.07, 6.45) is 1.94. The lowest BCUT2D eigenvalue weighted by atomic mass is 10.1. The number of nitrogens with zero attached hydrogens (tertiary/aromatic N) is 2. The second-order valence-corrected chi connectivity index (χ2v) is 5.27. The Hall–Kier alpha value is -0.450. The summed E-state index contributed by atoms with van der Waals surface area (Å²) in [5, 5.41) is 0. The van der Waals surface area contributed by atoms with E-state index in [1.54, 1.807) is 0 Å². The van der Waals surface area contributed by atoms with Gasteiger partial charge in [0.15, 0.2) is 0 Å². The number of ether oxygens (including phenoxy) is 1. The molecule has 0 aromatic carbocycles. The van der Waals surface area contributed by atoms with Crippen molar-refractivity contribution in [2.45, 2.75) is 26.0 Å². The van der Waals surface area contributed by atoms with Crippen molar-refractivity contribution in [3.8, 4) is 0 Å². The summed E-state index contributed by atoms with van der Waals surface area (Å²) in [5.41, 5.74) is 1.02. The maximum absolute atomic E-state index is 5.76. The molecule has 1 aromatic rings. The van der Waals surface area contributed by atoms with Crippen LogP contribution < -0.4 is 0 Å². The van der Waals surface area contributed by atoms with Crippen LogP contribution in [-0.4, -0.2) is 35.6 Å². The fraction of sp³-hybridized carbons (Fsp3) is 0.583. The van der Waals surface area contributed by atoms with Gasteiger partial charge in [-0.05, 0) is 41.9 Å². The quantitative estimate of drug-likeness (QED) is 0.835. The molecule has 0 amide bonds. The monoisotopic (exact) mass is 284 g/mol. The smallest absolute Gasteiger partial charge is 0.112 e. The molecule has 3 nitrogen and oxygen atoms in total. The summed E-state index contributed by atoms with van der Waals surface area (Å²) in [4.78, 5) is 6.83. The molecule has 2 heterocycles. The Morgan fingerprint density at radius 3 is 2.94 bits per heavy atom. The number of halogens is 1. The number of hydrogen-bond acceptors (Lipinski definition) is 3. The summed E-state index contributed by atoms with van der Waals surface area (Å²) >= 11 is 3.39. The number of aromatic nitrogens is 1. The van der Waals surface area contributed by atoms with E-state index in [4.69, 9.17) is 4.74 Å². The number of rotatable bonds is 2. The average Bonchev–Trinajstić information content (AvgIpc) is 2.30. The molecule has 2 rings (SSSR count). The van der Waals surface area contributed by atoms with Crippen molar-refractivity contribution in [1.82, 2.24) is 9.88 Å². The lowest BCUT2D eigenvalue weighted by molar-refractivity contribution is -0.0421. The van der Waals surface area contributed by atoms with E-state index in [0.717, 1.165) is 29.9 Å². The molecule has 4 heteroatoms. The van der Waals surface area contributed by atoms with Gasteiger partial charge in [0.1, 0.15) is 6.10 Å². The first kappa shape index (κ1) is 12.0. The summed E-state index contributed by atoms with van der Waals surface area (Å²) in [5.74, 6) is 0. The molecule has 1 aliphatic rings. The number of pyridine rings is 1. The van der Waals surface area contributed by atoms with Crippen LogP contribution in [0.3, 0.4) is 0 Å². The molecule has 1 saturated heterocycles. The molecule has 0 aliphatic carbocycles. The van der Waals surface area contributed by atoms with Gasteiger partial charge in [0, 0.05) is 29.8 Å². The first-order chi connectivity index (χ1) is 7.66. The van der Waals surface area contributed by atoms with Gasteiger partial charge in [0.05, 0.1) is 12.3 Å². The molecule has 0 spiro atoms. The van der Waals surface area contributed by atoms with E-state index < -0.39 is 0 Å². The zero-order chi connectivity index (χ0) is 11.5. The van der Waals surface area contributed by atoms with Gasteiger partial charge in [0.2, 0.25) is 0 Å². The minimum absolute atomic E-state index is 0.115. The van der Waals surface area contributed by atoms with Crippen LogP contribution in [0.15, 0.2) is 22.8 Å². The summed E-state index contributed by atoms with van der Waals surface area (Å²) in [7, 11) is 0. The van der Waals surface area contributed by atoms with Crippen molar-refractivity contribution in [3.05, 3.63) is 28.5 Å². The Labute approximate surface area is 105 Å². The fourth-order valence-electron chi connectivity index (χ4n) is 1.89. The third kappa shape index (κ3) is 2.81. The van der Waals surface area contributed by atoms with Crippen LogP contribution in [0.4, 0.5) is 0 Å². The highest BCUT2D eigenvalue weighted by molar-refractivity contribution is 9.10. The van der Waals surface area contributed by atoms with E-state index in [-0.39, 0.29) is 6.10 Å². The van der Waals surface area contributed by atoms with Crippen molar-refractivity contribution in [1.29, 1.82) is 0 Å². The zero-order valence-corrected chi connectivity index (χ0v) is 11.3. The lowest BCUT2D eigenvalue weighted by Gasteiger charge is -2.35. The molecule has 1 fully saturated rings. The second-order valence-electron chi connectivity index (χ2n) is 4.35. The Bertz CT molecular complexity index is 339. The first-order valence-corrected chi connectivity index (χ1v) is 6.43. The lowest BCUT2D eigenvalue weighted by Crippen LogP contribution is -2.42. The zero-order valence-electron chi connectivity index (χ0n) is 9.69. The van der Waals surface area contributed by atoms with Crippen molar-refractivity contribution in [2.24, 2.45) is 0 Å². The Balaban J connectivity index is 2.06. The third-order valence-corrected chi connectivity index (χ3v) is 3.38. The van der Waals surface area contributed by atoms with Crippen LogP contribution in [0.25, 0.3) is 0 Å². The van der Waals surface area contributed by atoms with E-state index in [1.807, 2.05) is 18.3 Å². The normalized spacial score (nSPS) is 22.6. The van der Waals surface area contributed by atoms with Crippen LogP contribution in [0.1, 0.15) is 25.6 Å². The molecule has 0 radical (unpaired) electrons. The molecule has 0 N–H and O–H groups in total. The minimum Gasteiger partial charge on any atom is -0.369 e. The number of hydrogen-bond donors (Lipinski definition) is 0. The predicted octanol–water partition coefficient (Wildman–Crippen LogP) is 2.63. The Kier molecular flexibility index (Phi) is 3.95. The molecule has 88 valence electrons. The molecule has 1 atom stereocenters. The largest absolute Gasteiger partial charge is 0.369 e. The second kappa shape index (κ2) is 5.25. The van der Waals surface area contributed by atoms with E-state index in [2.05, 4.69) is 39.7 Å².